The van der Waals surface area contributed by atoms with Crippen LogP contribution < -0.4 is 0 Å². The van der Waals surface area contributed by atoms with Gasteiger partial charge in [-0.05, 0) is 30.7 Å². The van der Waals surface area contributed by atoms with Crippen molar-refractivity contribution in [2.75, 3.05) is 6.61 Å². The summed E-state index contributed by atoms with van der Waals surface area (Å²) in [5.74, 6) is -0.800. The third-order valence-corrected chi connectivity index (χ3v) is 3.73. The summed E-state index contributed by atoms with van der Waals surface area (Å²) >= 11 is 0. The average molecular weight is 326 g/mol. The van der Waals surface area contributed by atoms with Crippen LogP contribution in [-0.2, 0) is 14.2 Å². The van der Waals surface area contributed by atoms with E-state index in [2.05, 4.69) is 0 Å². The second kappa shape index (κ2) is 7.75. The molecule has 2 aromatic carbocycles. The number of hydrogen-bond donors (Lipinski definition) is 0. The summed E-state index contributed by atoms with van der Waals surface area (Å²) in [6, 6.07) is 17.6. The van der Waals surface area contributed by atoms with Crippen molar-refractivity contribution in [2.45, 2.75) is 25.2 Å². The van der Waals surface area contributed by atoms with Crippen molar-refractivity contribution in [1.82, 2.24) is 0 Å². The Morgan fingerprint density at radius 1 is 0.875 bits per heavy atom. The molecule has 1 unspecified atom stereocenters. The summed E-state index contributed by atoms with van der Waals surface area (Å²) in [6.45, 7) is 0.146. The summed E-state index contributed by atoms with van der Waals surface area (Å²) in [5.41, 5.74) is 0.989. The van der Waals surface area contributed by atoms with Gasteiger partial charge in [0, 0.05) is 6.42 Å². The van der Waals surface area contributed by atoms with Crippen LogP contribution in [0.2, 0.25) is 0 Å². The lowest BCUT2D eigenvalue weighted by Crippen LogP contribution is -2.22. The quantitative estimate of drug-likeness (QED) is 0.790. The van der Waals surface area contributed by atoms with Gasteiger partial charge in [0.25, 0.3) is 0 Å². The molecule has 2 atom stereocenters. The van der Waals surface area contributed by atoms with Gasteiger partial charge < -0.3 is 14.2 Å². The highest BCUT2D eigenvalue weighted by Gasteiger charge is 2.29. The number of benzene rings is 2. The van der Waals surface area contributed by atoms with Crippen LogP contribution in [0.15, 0.2) is 60.7 Å². The number of carbonyl (C=O) groups excluding carboxylic acids is 2. The lowest BCUT2D eigenvalue weighted by Gasteiger charge is -2.14. The van der Waals surface area contributed by atoms with Gasteiger partial charge in [-0.25, -0.2) is 9.59 Å². The normalized spacial score (nSPS) is 19.7. The molecule has 0 N–H and O–H groups in total. The van der Waals surface area contributed by atoms with Crippen molar-refractivity contribution >= 4 is 11.9 Å². The average Bonchev–Trinajstić information content (AvgIpc) is 3.08. The molecule has 0 saturated carbocycles. The summed E-state index contributed by atoms with van der Waals surface area (Å²) in [6.07, 6.45) is 0.408. The van der Waals surface area contributed by atoms with E-state index in [0.29, 0.717) is 24.0 Å². The zero-order valence-corrected chi connectivity index (χ0v) is 13.1. The SMILES string of the molecule is O=C(OCC1CC[C@@H](OC(=O)c2ccccc2)O1)c1ccccc1. The molecule has 3 rings (SSSR count). The molecule has 5 nitrogen and oxygen atoms in total. The number of rotatable bonds is 5. The molecule has 24 heavy (non-hydrogen) atoms. The van der Waals surface area contributed by atoms with Gasteiger partial charge in [0.05, 0.1) is 17.2 Å². The Balaban J connectivity index is 1.44. The third-order valence-electron chi connectivity index (χ3n) is 3.73. The zero-order chi connectivity index (χ0) is 16.8. The van der Waals surface area contributed by atoms with Gasteiger partial charge in [-0.15, -0.1) is 0 Å². The van der Waals surface area contributed by atoms with E-state index >= 15 is 0 Å². The predicted molar refractivity (Wildman–Crippen MR) is 86.5 cm³/mol. The predicted octanol–water partition coefficient (Wildman–Crippen LogP) is 3.21. The molecule has 0 aromatic heterocycles. The van der Waals surface area contributed by atoms with E-state index in [1.807, 2.05) is 12.1 Å². The van der Waals surface area contributed by atoms with Gasteiger partial charge in [0.2, 0.25) is 6.29 Å². The van der Waals surface area contributed by atoms with Crippen LogP contribution in [0.25, 0.3) is 0 Å². The monoisotopic (exact) mass is 326 g/mol. The van der Waals surface area contributed by atoms with Crippen LogP contribution >= 0.6 is 0 Å². The summed E-state index contributed by atoms with van der Waals surface area (Å²) in [4.78, 5) is 23.9. The van der Waals surface area contributed by atoms with Gasteiger partial charge >= 0.3 is 11.9 Å². The highest BCUT2D eigenvalue weighted by Crippen LogP contribution is 2.22. The largest absolute Gasteiger partial charge is 0.459 e. The first-order valence-corrected chi connectivity index (χ1v) is 7.86. The van der Waals surface area contributed by atoms with E-state index in [-0.39, 0.29) is 18.7 Å². The van der Waals surface area contributed by atoms with E-state index in [1.54, 1.807) is 48.5 Å². The molecular formula is C19H18O5. The van der Waals surface area contributed by atoms with E-state index in [4.69, 9.17) is 14.2 Å². The van der Waals surface area contributed by atoms with Gasteiger partial charge in [0.15, 0.2) is 0 Å². The molecule has 5 heteroatoms. The van der Waals surface area contributed by atoms with Crippen LogP contribution in [-0.4, -0.2) is 30.9 Å². The lowest BCUT2D eigenvalue weighted by molar-refractivity contribution is -0.112. The Morgan fingerprint density at radius 3 is 2.08 bits per heavy atom. The Hall–Kier alpha value is -2.66. The van der Waals surface area contributed by atoms with E-state index in [0.717, 1.165) is 0 Å². The van der Waals surface area contributed by atoms with Gasteiger partial charge in [-0.2, -0.15) is 0 Å². The number of carbonyl (C=O) groups is 2. The minimum absolute atomic E-state index is 0.146. The van der Waals surface area contributed by atoms with Crippen LogP contribution in [0, 0.1) is 0 Å². The zero-order valence-electron chi connectivity index (χ0n) is 13.1. The second-order valence-corrected chi connectivity index (χ2v) is 5.50. The van der Waals surface area contributed by atoms with Crippen molar-refractivity contribution in [2.24, 2.45) is 0 Å². The third kappa shape index (κ3) is 4.20. The molecule has 1 heterocycles. The van der Waals surface area contributed by atoms with E-state index < -0.39 is 12.3 Å². The first-order chi connectivity index (χ1) is 11.7. The second-order valence-electron chi connectivity index (χ2n) is 5.50. The standard InChI is InChI=1S/C19H18O5/c20-18(14-7-3-1-4-8-14)22-13-16-11-12-17(23-16)24-19(21)15-9-5-2-6-10-15/h1-10,16-17H,11-13H2/t16?,17-/m1/s1. The minimum atomic E-state index is -0.599. The lowest BCUT2D eigenvalue weighted by atomic mass is 10.2. The minimum Gasteiger partial charge on any atom is -0.459 e. The molecule has 0 bridgehead atoms. The fourth-order valence-corrected chi connectivity index (χ4v) is 2.47. The smallest absolute Gasteiger partial charge is 0.340 e. The van der Waals surface area contributed by atoms with Gasteiger partial charge in [0.1, 0.15) is 6.61 Å². The fourth-order valence-electron chi connectivity index (χ4n) is 2.47. The molecule has 0 spiro atoms. The van der Waals surface area contributed by atoms with Crippen molar-refractivity contribution < 1.29 is 23.8 Å². The Labute approximate surface area is 140 Å². The molecule has 1 saturated heterocycles. The molecule has 0 radical (unpaired) electrons. The summed E-state index contributed by atoms with van der Waals surface area (Å²) in [7, 11) is 0. The van der Waals surface area contributed by atoms with Crippen LogP contribution in [0.1, 0.15) is 33.6 Å². The number of hydrogen-bond acceptors (Lipinski definition) is 5. The maximum Gasteiger partial charge on any atom is 0.340 e. The fraction of sp³-hybridized carbons (Fsp3) is 0.263. The van der Waals surface area contributed by atoms with Crippen molar-refractivity contribution in [3.63, 3.8) is 0 Å². The Bertz CT molecular complexity index is 683. The highest BCUT2D eigenvalue weighted by atomic mass is 16.7. The molecule has 0 aliphatic carbocycles. The topological polar surface area (TPSA) is 61.8 Å². The maximum atomic E-state index is 12.0. The first kappa shape index (κ1) is 16.2. The molecule has 1 aliphatic rings. The summed E-state index contributed by atoms with van der Waals surface area (Å²) in [5, 5.41) is 0. The molecule has 1 aliphatic heterocycles. The molecule has 1 fully saturated rings. The number of ether oxygens (including phenoxy) is 3. The van der Waals surface area contributed by atoms with Crippen molar-refractivity contribution in [3.05, 3.63) is 71.8 Å². The van der Waals surface area contributed by atoms with Crippen LogP contribution in [0.3, 0.4) is 0 Å². The van der Waals surface area contributed by atoms with Gasteiger partial charge in [-0.3, -0.25) is 0 Å². The first-order valence-electron chi connectivity index (χ1n) is 7.86. The van der Waals surface area contributed by atoms with Crippen LogP contribution in [0.5, 0.6) is 0 Å². The van der Waals surface area contributed by atoms with E-state index in [9.17, 15) is 9.59 Å². The number of esters is 2. The summed E-state index contributed by atoms with van der Waals surface area (Å²) < 4.78 is 16.2. The molecule has 2 aromatic rings. The Morgan fingerprint density at radius 2 is 1.46 bits per heavy atom. The molecular weight excluding hydrogens is 308 g/mol. The molecule has 0 amide bonds. The van der Waals surface area contributed by atoms with Crippen molar-refractivity contribution in [3.8, 4) is 0 Å². The van der Waals surface area contributed by atoms with Crippen molar-refractivity contribution in [1.29, 1.82) is 0 Å². The Kier molecular flexibility index (Phi) is 5.23. The maximum absolute atomic E-state index is 12.0. The highest BCUT2D eigenvalue weighted by molar-refractivity contribution is 5.89. The van der Waals surface area contributed by atoms with E-state index in [1.165, 1.54) is 0 Å². The van der Waals surface area contributed by atoms with Gasteiger partial charge in [-0.1, -0.05) is 36.4 Å². The molecule has 124 valence electrons. The van der Waals surface area contributed by atoms with Crippen LogP contribution in [0.4, 0.5) is 0 Å².